The van der Waals surface area contributed by atoms with Gasteiger partial charge in [0.2, 0.25) is 5.88 Å². The maximum absolute atomic E-state index is 12.3. The average molecular weight is 312 g/mol. The van der Waals surface area contributed by atoms with E-state index in [2.05, 4.69) is 10.3 Å². The Morgan fingerprint density at radius 3 is 2.95 bits per heavy atom. The van der Waals surface area contributed by atoms with Crippen LogP contribution in [0.2, 0.25) is 0 Å². The maximum Gasteiger partial charge on any atom is 0.261 e. The predicted octanol–water partition coefficient (Wildman–Crippen LogP) is 3.63. The van der Waals surface area contributed by atoms with Crippen molar-refractivity contribution < 1.29 is 9.53 Å². The van der Waals surface area contributed by atoms with Crippen LogP contribution < -0.4 is 10.1 Å². The molecule has 0 unspecified atom stereocenters. The van der Waals surface area contributed by atoms with Crippen molar-refractivity contribution in [2.75, 3.05) is 6.61 Å². The number of thiophene rings is 1. The van der Waals surface area contributed by atoms with Crippen molar-refractivity contribution in [3.05, 3.63) is 59.1 Å². The summed E-state index contributed by atoms with van der Waals surface area (Å²) in [5, 5.41) is 4.02. The van der Waals surface area contributed by atoms with Gasteiger partial charge in [-0.05, 0) is 30.5 Å². The zero-order valence-corrected chi connectivity index (χ0v) is 13.0. The largest absolute Gasteiger partial charge is 0.478 e. The molecular formula is C17H16N2O2S. The number of hydrogen-bond donors (Lipinski definition) is 1. The Morgan fingerprint density at radius 2 is 2.14 bits per heavy atom. The van der Waals surface area contributed by atoms with E-state index in [1.165, 1.54) is 11.3 Å². The van der Waals surface area contributed by atoms with Gasteiger partial charge in [0.25, 0.3) is 5.91 Å². The molecule has 0 fully saturated rings. The number of nitrogens with one attached hydrogen (secondary N) is 1. The molecule has 0 saturated heterocycles. The highest BCUT2D eigenvalue weighted by Crippen LogP contribution is 2.25. The van der Waals surface area contributed by atoms with Crippen LogP contribution in [0.15, 0.2) is 48.7 Å². The summed E-state index contributed by atoms with van der Waals surface area (Å²) < 4.78 is 6.58. The van der Waals surface area contributed by atoms with Gasteiger partial charge in [0.1, 0.15) is 0 Å². The summed E-state index contributed by atoms with van der Waals surface area (Å²) in [5.74, 6) is 0.495. The van der Waals surface area contributed by atoms with Gasteiger partial charge >= 0.3 is 0 Å². The van der Waals surface area contributed by atoms with Gasteiger partial charge in [-0.2, -0.15) is 0 Å². The lowest BCUT2D eigenvalue weighted by Crippen LogP contribution is -2.22. The Hall–Kier alpha value is -2.40. The smallest absolute Gasteiger partial charge is 0.261 e. The number of ether oxygens (including phenoxy) is 1. The molecule has 3 aromatic rings. The van der Waals surface area contributed by atoms with Gasteiger partial charge in [0.05, 0.1) is 11.5 Å². The Kier molecular flexibility index (Phi) is 4.34. The molecule has 1 amide bonds. The minimum Gasteiger partial charge on any atom is -0.478 e. The number of aromatic nitrogens is 1. The third-order valence-electron chi connectivity index (χ3n) is 3.22. The predicted molar refractivity (Wildman–Crippen MR) is 88.4 cm³/mol. The summed E-state index contributed by atoms with van der Waals surface area (Å²) in [6.07, 6.45) is 1.68. The second-order valence-electron chi connectivity index (χ2n) is 4.73. The summed E-state index contributed by atoms with van der Waals surface area (Å²) in [7, 11) is 0. The van der Waals surface area contributed by atoms with Gasteiger partial charge in [-0.25, -0.2) is 4.98 Å². The monoisotopic (exact) mass is 312 g/mol. The first-order valence-corrected chi connectivity index (χ1v) is 7.93. The van der Waals surface area contributed by atoms with E-state index in [1.54, 1.807) is 6.20 Å². The van der Waals surface area contributed by atoms with Crippen molar-refractivity contribution in [3.8, 4) is 5.88 Å². The summed E-state index contributed by atoms with van der Waals surface area (Å²) >= 11 is 1.50. The highest BCUT2D eigenvalue weighted by atomic mass is 32.1. The number of carbonyl (C=O) groups is 1. The molecule has 22 heavy (non-hydrogen) atoms. The lowest BCUT2D eigenvalue weighted by molar-refractivity contribution is 0.0954. The number of rotatable bonds is 5. The van der Waals surface area contributed by atoms with Gasteiger partial charge in [-0.15, -0.1) is 11.3 Å². The standard InChI is InChI=1S/C17H16N2O2S/c1-2-21-17-13(7-5-9-18-17)11-19-16(20)15-10-12-6-3-4-8-14(12)22-15/h3-10H,2,11H2,1H3,(H,19,20). The van der Waals surface area contributed by atoms with Crippen LogP contribution in [-0.2, 0) is 6.54 Å². The molecule has 0 aliphatic carbocycles. The molecule has 0 bridgehead atoms. The minimum atomic E-state index is -0.0764. The highest BCUT2D eigenvalue weighted by molar-refractivity contribution is 7.20. The Morgan fingerprint density at radius 1 is 1.27 bits per heavy atom. The number of hydrogen-bond acceptors (Lipinski definition) is 4. The van der Waals surface area contributed by atoms with Crippen LogP contribution in [0, 0.1) is 0 Å². The molecule has 4 nitrogen and oxygen atoms in total. The number of carbonyl (C=O) groups excluding carboxylic acids is 1. The summed E-state index contributed by atoms with van der Waals surface area (Å²) in [4.78, 5) is 17.2. The van der Waals surface area contributed by atoms with Crippen LogP contribution in [0.4, 0.5) is 0 Å². The van der Waals surface area contributed by atoms with E-state index >= 15 is 0 Å². The number of fused-ring (bicyclic) bond motifs is 1. The fourth-order valence-electron chi connectivity index (χ4n) is 2.18. The molecule has 5 heteroatoms. The summed E-state index contributed by atoms with van der Waals surface area (Å²) in [6, 6.07) is 13.6. The lowest BCUT2D eigenvalue weighted by Gasteiger charge is -2.09. The number of pyridine rings is 1. The Bertz CT molecular complexity index is 765. The number of nitrogens with zero attached hydrogens (tertiary/aromatic N) is 1. The van der Waals surface area contributed by atoms with Crippen molar-refractivity contribution in [2.45, 2.75) is 13.5 Å². The Labute approximate surface area is 132 Å². The third-order valence-corrected chi connectivity index (χ3v) is 4.33. The van der Waals surface area contributed by atoms with E-state index in [0.29, 0.717) is 23.9 Å². The van der Waals surface area contributed by atoms with Crippen LogP contribution in [0.5, 0.6) is 5.88 Å². The molecule has 112 valence electrons. The van der Waals surface area contributed by atoms with Crippen molar-refractivity contribution >= 4 is 27.3 Å². The first-order chi connectivity index (χ1) is 10.8. The topological polar surface area (TPSA) is 51.2 Å². The van der Waals surface area contributed by atoms with Crippen molar-refractivity contribution in [1.82, 2.24) is 10.3 Å². The molecule has 2 heterocycles. The molecule has 0 aliphatic rings. The van der Waals surface area contributed by atoms with Crippen molar-refractivity contribution in [1.29, 1.82) is 0 Å². The van der Waals surface area contributed by atoms with Gasteiger partial charge in [-0.3, -0.25) is 4.79 Å². The quantitative estimate of drug-likeness (QED) is 0.783. The molecule has 2 aromatic heterocycles. The van der Waals surface area contributed by atoms with Crippen LogP contribution in [0.3, 0.4) is 0 Å². The van der Waals surface area contributed by atoms with Gasteiger partial charge in [-0.1, -0.05) is 24.3 Å². The second kappa shape index (κ2) is 6.58. The van der Waals surface area contributed by atoms with E-state index in [4.69, 9.17) is 4.74 Å². The summed E-state index contributed by atoms with van der Waals surface area (Å²) in [6.45, 7) is 2.86. The molecule has 1 aromatic carbocycles. The summed E-state index contributed by atoms with van der Waals surface area (Å²) in [5.41, 5.74) is 0.874. The van der Waals surface area contributed by atoms with Gasteiger partial charge < -0.3 is 10.1 Å². The van der Waals surface area contributed by atoms with E-state index in [0.717, 1.165) is 15.6 Å². The zero-order chi connectivity index (χ0) is 15.4. The van der Waals surface area contributed by atoms with Crippen LogP contribution in [0.1, 0.15) is 22.2 Å². The second-order valence-corrected chi connectivity index (χ2v) is 5.82. The number of amides is 1. The molecule has 3 rings (SSSR count). The van der Waals surface area contributed by atoms with E-state index < -0.39 is 0 Å². The van der Waals surface area contributed by atoms with Crippen LogP contribution in [-0.4, -0.2) is 17.5 Å². The van der Waals surface area contributed by atoms with Crippen LogP contribution in [0.25, 0.3) is 10.1 Å². The zero-order valence-electron chi connectivity index (χ0n) is 12.2. The number of benzene rings is 1. The van der Waals surface area contributed by atoms with Gasteiger partial charge in [0, 0.05) is 23.0 Å². The molecule has 1 N–H and O–H groups in total. The van der Waals surface area contributed by atoms with E-state index in [1.807, 2.05) is 49.4 Å². The van der Waals surface area contributed by atoms with Crippen LogP contribution >= 0.6 is 11.3 Å². The highest BCUT2D eigenvalue weighted by Gasteiger charge is 2.11. The van der Waals surface area contributed by atoms with Crippen molar-refractivity contribution in [2.24, 2.45) is 0 Å². The van der Waals surface area contributed by atoms with E-state index in [9.17, 15) is 4.79 Å². The van der Waals surface area contributed by atoms with Crippen molar-refractivity contribution in [3.63, 3.8) is 0 Å². The third kappa shape index (κ3) is 3.09. The van der Waals surface area contributed by atoms with E-state index in [-0.39, 0.29) is 5.91 Å². The molecule has 0 radical (unpaired) electrons. The molecular weight excluding hydrogens is 296 g/mol. The minimum absolute atomic E-state index is 0.0764. The average Bonchev–Trinajstić information content (AvgIpc) is 2.98. The normalized spacial score (nSPS) is 10.6. The lowest BCUT2D eigenvalue weighted by atomic mass is 10.2. The molecule has 0 atom stereocenters. The fourth-order valence-corrected chi connectivity index (χ4v) is 3.16. The first-order valence-electron chi connectivity index (χ1n) is 7.11. The maximum atomic E-state index is 12.3. The van der Waals surface area contributed by atoms with Gasteiger partial charge in [0.15, 0.2) is 0 Å². The first kappa shape index (κ1) is 14.5. The Balaban J connectivity index is 1.72. The molecule has 0 saturated carbocycles. The molecule has 0 spiro atoms. The SMILES string of the molecule is CCOc1ncccc1CNC(=O)c1cc2ccccc2s1. The fraction of sp³-hybridized carbons (Fsp3) is 0.176. The molecule has 0 aliphatic heterocycles.